The Morgan fingerprint density at radius 1 is 1.00 bits per heavy atom. The fraction of sp³-hybridized carbons (Fsp3) is 0.667. The second-order valence-electron chi connectivity index (χ2n) is 6.22. The number of rotatable bonds is 5. The maximum Gasteiger partial charge on any atom is 0.332 e. The quantitative estimate of drug-likeness (QED) is 0.682. The molecule has 1 saturated heterocycles. The van der Waals surface area contributed by atoms with Crippen LogP contribution in [0.5, 0.6) is 0 Å². The van der Waals surface area contributed by atoms with Crippen LogP contribution in [0.25, 0.3) is 11.2 Å². The molecule has 0 radical (unpaired) electrons. The predicted octanol–water partition coefficient (Wildman–Crippen LogP) is -1.96. The Labute approximate surface area is 139 Å². The third-order valence-electron chi connectivity index (χ3n) is 4.76. The van der Waals surface area contributed by atoms with Crippen LogP contribution in [0.2, 0.25) is 0 Å². The summed E-state index contributed by atoms with van der Waals surface area (Å²) >= 11 is 0. The number of piperazine rings is 1. The zero-order valence-corrected chi connectivity index (χ0v) is 14.2. The van der Waals surface area contributed by atoms with E-state index >= 15 is 0 Å². The van der Waals surface area contributed by atoms with Gasteiger partial charge in [-0.3, -0.25) is 23.7 Å². The van der Waals surface area contributed by atoms with Crippen molar-refractivity contribution in [3.63, 3.8) is 0 Å². The van der Waals surface area contributed by atoms with Crippen LogP contribution in [-0.2, 0) is 20.6 Å². The van der Waals surface area contributed by atoms with Crippen LogP contribution >= 0.6 is 0 Å². The molecule has 0 amide bonds. The van der Waals surface area contributed by atoms with Crippen LogP contribution in [0.1, 0.15) is 0 Å². The van der Waals surface area contributed by atoms with Crippen LogP contribution in [-0.4, -0.2) is 79.5 Å². The Morgan fingerprint density at radius 2 is 1.62 bits per heavy atom. The normalized spacial score (nSPS) is 17.0. The lowest BCUT2D eigenvalue weighted by Gasteiger charge is -2.34. The fourth-order valence-corrected chi connectivity index (χ4v) is 3.19. The highest BCUT2D eigenvalue weighted by molar-refractivity contribution is 5.69. The molecule has 1 fully saturated rings. The van der Waals surface area contributed by atoms with E-state index in [0.29, 0.717) is 17.7 Å². The molecule has 3 rings (SSSR count). The van der Waals surface area contributed by atoms with Crippen LogP contribution < -0.4 is 11.2 Å². The molecule has 132 valence electrons. The molecule has 0 aromatic carbocycles. The molecule has 1 aliphatic heterocycles. The minimum atomic E-state index is -0.363. The highest BCUT2D eigenvalue weighted by atomic mass is 16.3. The minimum absolute atomic E-state index is 0.197. The van der Waals surface area contributed by atoms with E-state index in [-0.39, 0.29) is 17.9 Å². The highest BCUT2D eigenvalue weighted by Gasteiger charge is 2.18. The molecule has 0 unspecified atom stereocenters. The number of hydrogen-bond donors (Lipinski definition) is 1. The van der Waals surface area contributed by atoms with E-state index in [1.54, 1.807) is 13.4 Å². The van der Waals surface area contributed by atoms with Gasteiger partial charge in [0, 0.05) is 59.9 Å². The summed E-state index contributed by atoms with van der Waals surface area (Å²) in [5, 5.41) is 8.98. The van der Waals surface area contributed by atoms with Crippen LogP contribution in [0.4, 0.5) is 0 Å². The van der Waals surface area contributed by atoms with Crippen LogP contribution in [0.15, 0.2) is 15.9 Å². The van der Waals surface area contributed by atoms with Gasteiger partial charge in [-0.05, 0) is 0 Å². The van der Waals surface area contributed by atoms with E-state index in [0.717, 1.165) is 43.8 Å². The molecule has 0 aliphatic carbocycles. The molecule has 2 aromatic rings. The van der Waals surface area contributed by atoms with Crippen molar-refractivity contribution in [3.8, 4) is 0 Å². The highest BCUT2D eigenvalue weighted by Crippen LogP contribution is 2.07. The number of β-amino-alcohol motifs (C(OH)–C–C–N with tert-alkyl or cyclic N) is 1. The van der Waals surface area contributed by atoms with Gasteiger partial charge in [0.2, 0.25) is 0 Å². The third kappa shape index (κ3) is 3.02. The fourth-order valence-electron chi connectivity index (χ4n) is 3.19. The minimum Gasteiger partial charge on any atom is -0.395 e. The van der Waals surface area contributed by atoms with Gasteiger partial charge >= 0.3 is 5.69 Å². The molecule has 2 aromatic heterocycles. The van der Waals surface area contributed by atoms with E-state index in [9.17, 15) is 9.59 Å². The van der Waals surface area contributed by atoms with Gasteiger partial charge in [-0.25, -0.2) is 9.78 Å². The maximum atomic E-state index is 12.4. The standard InChI is InChI=1S/C15H24N6O3/c1-17-13-12(14(23)18(2)15(17)24)21(11-16-13)8-7-19-3-5-20(6-4-19)9-10-22/h11,22H,3-10H2,1-2H3. The Bertz CT molecular complexity index is 828. The van der Waals surface area contributed by atoms with Crippen molar-refractivity contribution in [1.29, 1.82) is 0 Å². The van der Waals surface area contributed by atoms with E-state index in [4.69, 9.17) is 5.11 Å². The topological polar surface area (TPSA) is 88.5 Å². The summed E-state index contributed by atoms with van der Waals surface area (Å²) in [6, 6.07) is 0. The Hall–Kier alpha value is -1.97. The van der Waals surface area contributed by atoms with Crippen LogP contribution in [0.3, 0.4) is 0 Å². The number of aliphatic hydroxyl groups excluding tert-OH is 1. The van der Waals surface area contributed by atoms with Crippen molar-refractivity contribution in [2.24, 2.45) is 14.1 Å². The number of aromatic nitrogens is 4. The predicted molar refractivity (Wildman–Crippen MR) is 90.2 cm³/mol. The average Bonchev–Trinajstić information content (AvgIpc) is 3.02. The molecule has 1 N–H and O–H groups in total. The third-order valence-corrected chi connectivity index (χ3v) is 4.76. The Balaban J connectivity index is 1.73. The number of hydrogen-bond acceptors (Lipinski definition) is 6. The summed E-state index contributed by atoms with van der Waals surface area (Å²) in [7, 11) is 3.11. The van der Waals surface area contributed by atoms with E-state index < -0.39 is 0 Å². The van der Waals surface area contributed by atoms with Gasteiger partial charge in [-0.15, -0.1) is 0 Å². The smallest absolute Gasteiger partial charge is 0.332 e. The van der Waals surface area contributed by atoms with Gasteiger partial charge in [-0.1, -0.05) is 0 Å². The molecule has 24 heavy (non-hydrogen) atoms. The van der Waals surface area contributed by atoms with Crippen molar-refractivity contribution in [1.82, 2.24) is 28.5 Å². The number of aryl methyl sites for hydroxylation is 1. The summed E-state index contributed by atoms with van der Waals surface area (Å²) < 4.78 is 4.35. The van der Waals surface area contributed by atoms with Crippen molar-refractivity contribution in [2.75, 3.05) is 45.9 Å². The van der Waals surface area contributed by atoms with Crippen molar-refractivity contribution < 1.29 is 5.11 Å². The zero-order chi connectivity index (χ0) is 17.3. The summed E-state index contributed by atoms with van der Waals surface area (Å²) in [5.41, 5.74) is 0.227. The lowest BCUT2D eigenvalue weighted by Crippen LogP contribution is -2.47. The molecule has 1 aliphatic rings. The van der Waals surface area contributed by atoms with Gasteiger partial charge in [0.1, 0.15) is 0 Å². The molecular formula is C15H24N6O3. The molecular weight excluding hydrogens is 312 g/mol. The number of imidazole rings is 1. The molecule has 9 nitrogen and oxygen atoms in total. The molecule has 3 heterocycles. The summed E-state index contributed by atoms with van der Waals surface area (Å²) in [5.74, 6) is 0. The molecule has 0 bridgehead atoms. The van der Waals surface area contributed by atoms with E-state index in [2.05, 4.69) is 14.8 Å². The monoisotopic (exact) mass is 336 g/mol. The van der Waals surface area contributed by atoms with Crippen molar-refractivity contribution in [2.45, 2.75) is 6.54 Å². The molecule has 0 spiro atoms. The van der Waals surface area contributed by atoms with Crippen molar-refractivity contribution in [3.05, 3.63) is 27.2 Å². The first kappa shape index (κ1) is 16.9. The average molecular weight is 336 g/mol. The maximum absolute atomic E-state index is 12.4. The van der Waals surface area contributed by atoms with E-state index in [1.807, 2.05) is 4.57 Å². The first-order chi connectivity index (χ1) is 11.5. The number of aliphatic hydroxyl groups is 1. The lowest BCUT2D eigenvalue weighted by molar-refractivity contribution is 0.110. The van der Waals surface area contributed by atoms with Gasteiger partial charge in [-0.2, -0.15) is 0 Å². The van der Waals surface area contributed by atoms with E-state index in [1.165, 1.54) is 11.6 Å². The van der Waals surface area contributed by atoms with Gasteiger partial charge in [0.05, 0.1) is 12.9 Å². The Kier molecular flexibility index (Phi) is 4.83. The number of fused-ring (bicyclic) bond motifs is 1. The van der Waals surface area contributed by atoms with Crippen LogP contribution in [0, 0.1) is 0 Å². The second kappa shape index (κ2) is 6.88. The second-order valence-corrected chi connectivity index (χ2v) is 6.22. The van der Waals surface area contributed by atoms with Gasteiger partial charge in [0.15, 0.2) is 11.2 Å². The number of nitrogens with zero attached hydrogens (tertiary/aromatic N) is 6. The van der Waals surface area contributed by atoms with Crippen molar-refractivity contribution >= 4 is 11.2 Å². The van der Waals surface area contributed by atoms with Gasteiger partial charge < -0.3 is 9.67 Å². The molecule has 9 heteroatoms. The summed E-state index contributed by atoms with van der Waals surface area (Å²) in [6.07, 6.45) is 1.63. The molecule has 0 atom stereocenters. The first-order valence-corrected chi connectivity index (χ1v) is 8.19. The van der Waals surface area contributed by atoms with Gasteiger partial charge in [0.25, 0.3) is 5.56 Å². The first-order valence-electron chi connectivity index (χ1n) is 8.19. The molecule has 0 saturated carbocycles. The lowest BCUT2D eigenvalue weighted by atomic mass is 10.3. The summed E-state index contributed by atoms with van der Waals surface area (Å²) in [4.78, 5) is 33.2. The SMILES string of the molecule is Cn1c(=O)c2c(ncn2CCN2CCN(CCO)CC2)n(C)c1=O. The summed E-state index contributed by atoms with van der Waals surface area (Å²) in [6.45, 7) is 6.19. The largest absolute Gasteiger partial charge is 0.395 e. The zero-order valence-electron chi connectivity index (χ0n) is 14.2. The Morgan fingerprint density at radius 3 is 2.25 bits per heavy atom.